The van der Waals surface area contributed by atoms with Crippen molar-refractivity contribution in [3.8, 4) is 28.4 Å². The van der Waals surface area contributed by atoms with Crippen molar-refractivity contribution in [3.63, 3.8) is 0 Å². The molecule has 3 aromatic rings. The summed E-state index contributed by atoms with van der Waals surface area (Å²) in [4.78, 5) is 12.6. The average molecular weight is 381 g/mol. The topological polar surface area (TPSA) is 47.9 Å². The fourth-order valence-electron chi connectivity index (χ4n) is 2.32. The van der Waals surface area contributed by atoms with Crippen LogP contribution in [0, 0.1) is 6.92 Å². The molecule has 1 aromatic carbocycles. The minimum atomic E-state index is 0.179. The number of rotatable bonds is 3. The minimum Gasteiger partial charge on any atom is -0.481 e. The van der Waals surface area contributed by atoms with Gasteiger partial charge in [-0.1, -0.05) is 59.1 Å². The van der Waals surface area contributed by atoms with Crippen LogP contribution < -0.4 is 4.74 Å². The van der Waals surface area contributed by atoms with Crippen molar-refractivity contribution < 1.29 is 4.74 Å². The van der Waals surface area contributed by atoms with E-state index in [0.29, 0.717) is 27.9 Å². The van der Waals surface area contributed by atoms with Gasteiger partial charge in [0, 0.05) is 16.7 Å². The number of benzene rings is 1. The van der Waals surface area contributed by atoms with Crippen LogP contribution in [-0.4, -0.2) is 22.1 Å². The Morgan fingerprint density at radius 3 is 2.42 bits per heavy atom. The Bertz CT molecular complexity index is 916. The highest BCUT2D eigenvalue weighted by Gasteiger charge is 2.16. The molecule has 0 aliphatic rings. The lowest BCUT2D eigenvalue weighted by atomic mass is 10.0. The van der Waals surface area contributed by atoms with Gasteiger partial charge in [-0.15, -0.1) is 0 Å². The predicted octanol–water partition coefficient (Wildman–Crippen LogP) is 5.48. The van der Waals surface area contributed by atoms with E-state index in [2.05, 4.69) is 15.0 Å². The molecule has 0 bridgehead atoms. The van der Waals surface area contributed by atoms with Gasteiger partial charge >= 0.3 is 0 Å². The second-order valence-electron chi connectivity index (χ2n) is 5.02. The van der Waals surface area contributed by atoms with E-state index in [1.807, 2.05) is 37.3 Å². The van der Waals surface area contributed by atoms with Crippen molar-refractivity contribution in [2.75, 3.05) is 7.11 Å². The van der Waals surface area contributed by atoms with Crippen molar-refractivity contribution in [1.82, 2.24) is 15.0 Å². The summed E-state index contributed by atoms with van der Waals surface area (Å²) in [7, 11) is 1.58. The Hall–Kier alpha value is -1.88. The fraction of sp³-hybridized carbons (Fsp3) is 0.118. The van der Waals surface area contributed by atoms with Crippen LogP contribution in [0.5, 0.6) is 5.88 Å². The van der Waals surface area contributed by atoms with Gasteiger partial charge in [-0.2, -0.15) is 0 Å². The largest absolute Gasteiger partial charge is 0.481 e. The number of aryl methyl sites for hydroxylation is 1. The van der Waals surface area contributed by atoms with Crippen LogP contribution in [0.2, 0.25) is 15.2 Å². The standard InChI is InChI=1S/C17H12Cl3N3O/c1-9-6-7-12(23-17(9)24-2)10-4-3-5-11(13(10)18)15-14(19)16(20)22-8-21-15/h3-8H,1-2H3. The zero-order valence-electron chi connectivity index (χ0n) is 12.8. The third-order valence-corrected chi connectivity index (χ3v) is 4.67. The molecule has 3 rings (SSSR count). The highest BCUT2D eigenvalue weighted by molar-refractivity contribution is 6.43. The molecule has 0 saturated heterocycles. The molecule has 0 amide bonds. The number of hydrogen-bond donors (Lipinski definition) is 0. The molecular weight excluding hydrogens is 369 g/mol. The molecule has 0 N–H and O–H groups in total. The minimum absolute atomic E-state index is 0.179. The van der Waals surface area contributed by atoms with Crippen LogP contribution in [-0.2, 0) is 0 Å². The Morgan fingerprint density at radius 2 is 1.67 bits per heavy atom. The molecule has 0 unspecified atom stereocenters. The summed E-state index contributed by atoms with van der Waals surface area (Å²) < 4.78 is 5.28. The lowest BCUT2D eigenvalue weighted by molar-refractivity contribution is 0.395. The van der Waals surface area contributed by atoms with E-state index in [9.17, 15) is 0 Å². The van der Waals surface area contributed by atoms with E-state index in [1.165, 1.54) is 6.33 Å². The van der Waals surface area contributed by atoms with Crippen molar-refractivity contribution in [2.24, 2.45) is 0 Å². The van der Waals surface area contributed by atoms with E-state index in [4.69, 9.17) is 39.5 Å². The molecule has 0 radical (unpaired) electrons. The number of pyridine rings is 1. The van der Waals surface area contributed by atoms with Gasteiger partial charge in [0.05, 0.1) is 23.5 Å². The summed E-state index contributed by atoms with van der Waals surface area (Å²) in [5.41, 5.74) is 3.52. The van der Waals surface area contributed by atoms with Gasteiger partial charge in [0.15, 0.2) is 5.15 Å². The molecule has 0 fully saturated rings. The molecule has 2 heterocycles. The summed E-state index contributed by atoms with van der Waals surface area (Å²) >= 11 is 18.8. The van der Waals surface area contributed by atoms with Crippen molar-refractivity contribution in [2.45, 2.75) is 6.92 Å². The Kier molecular flexibility index (Phi) is 4.90. The van der Waals surface area contributed by atoms with Crippen molar-refractivity contribution in [3.05, 3.63) is 57.4 Å². The molecule has 4 nitrogen and oxygen atoms in total. The average Bonchev–Trinajstić information content (AvgIpc) is 2.58. The third kappa shape index (κ3) is 3.05. The highest BCUT2D eigenvalue weighted by Crippen LogP contribution is 2.39. The number of methoxy groups -OCH3 is 1. The number of ether oxygens (including phenoxy) is 1. The van der Waals surface area contributed by atoms with Gasteiger partial charge < -0.3 is 4.74 Å². The molecule has 24 heavy (non-hydrogen) atoms. The van der Waals surface area contributed by atoms with Crippen LogP contribution in [0.4, 0.5) is 0 Å². The first-order valence-corrected chi connectivity index (χ1v) is 8.13. The van der Waals surface area contributed by atoms with Gasteiger partial charge in [-0.05, 0) is 13.0 Å². The second-order valence-corrected chi connectivity index (χ2v) is 6.13. The Balaban J connectivity index is 2.17. The monoisotopic (exact) mass is 379 g/mol. The molecular formula is C17H12Cl3N3O. The summed E-state index contributed by atoms with van der Waals surface area (Å²) in [5.74, 6) is 0.553. The third-order valence-electron chi connectivity index (χ3n) is 3.52. The number of halogens is 3. The van der Waals surface area contributed by atoms with E-state index in [0.717, 1.165) is 11.1 Å². The zero-order chi connectivity index (χ0) is 17.3. The fourth-order valence-corrected chi connectivity index (χ4v) is 2.96. The summed E-state index contributed by atoms with van der Waals surface area (Å²) in [6, 6.07) is 9.37. The Morgan fingerprint density at radius 1 is 0.917 bits per heavy atom. The van der Waals surface area contributed by atoms with Crippen LogP contribution >= 0.6 is 34.8 Å². The van der Waals surface area contributed by atoms with Gasteiger partial charge in [0.2, 0.25) is 5.88 Å². The highest BCUT2D eigenvalue weighted by atomic mass is 35.5. The maximum absolute atomic E-state index is 6.59. The van der Waals surface area contributed by atoms with Gasteiger partial charge in [-0.3, -0.25) is 0 Å². The second kappa shape index (κ2) is 6.93. The van der Waals surface area contributed by atoms with Gasteiger partial charge in [0.1, 0.15) is 11.3 Å². The van der Waals surface area contributed by atoms with E-state index in [-0.39, 0.29) is 10.2 Å². The van der Waals surface area contributed by atoms with Gasteiger partial charge in [0.25, 0.3) is 0 Å². The van der Waals surface area contributed by atoms with Crippen LogP contribution in [0.25, 0.3) is 22.5 Å². The van der Waals surface area contributed by atoms with Crippen LogP contribution in [0.15, 0.2) is 36.7 Å². The van der Waals surface area contributed by atoms with E-state index < -0.39 is 0 Å². The predicted molar refractivity (Wildman–Crippen MR) is 97.0 cm³/mol. The number of nitrogens with zero attached hydrogens (tertiary/aromatic N) is 3. The van der Waals surface area contributed by atoms with Gasteiger partial charge in [-0.25, -0.2) is 15.0 Å². The first-order chi connectivity index (χ1) is 11.5. The van der Waals surface area contributed by atoms with Crippen LogP contribution in [0.1, 0.15) is 5.56 Å². The first kappa shape index (κ1) is 17.0. The smallest absolute Gasteiger partial charge is 0.216 e. The SMILES string of the molecule is COc1nc(-c2cccc(-c3ncnc(Cl)c3Cl)c2Cl)ccc1C. The quantitative estimate of drug-likeness (QED) is 0.564. The molecule has 7 heteroatoms. The molecule has 0 saturated carbocycles. The molecule has 0 aliphatic heterocycles. The maximum atomic E-state index is 6.59. The Labute approximate surface area is 154 Å². The normalized spacial score (nSPS) is 10.7. The number of hydrogen-bond acceptors (Lipinski definition) is 4. The summed E-state index contributed by atoms with van der Waals surface area (Å²) in [5, 5.41) is 0.915. The van der Waals surface area contributed by atoms with E-state index >= 15 is 0 Å². The molecule has 0 spiro atoms. The molecule has 122 valence electrons. The lowest BCUT2D eigenvalue weighted by Crippen LogP contribution is -1.95. The summed E-state index contributed by atoms with van der Waals surface area (Å²) in [6.07, 6.45) is 1.35. The van der Waals surface area contributed by atoms with Crippen molar-refractivity contribution >= 4 is 34.8 Å². The molecule has 0 atom stereocenters. The summed E-state index contributed by atoms with van der Waals surface area (Å²) in [6.45, 7) is 1.93. The first-order valence-electron chi connectivity index (χ1n) is 6.99. The number of aromatic nitrogens is 3. The molecule has 0 aliphatic carbocycles. The van der Waals surface area contributed by atoms with Crippen LogP contribution in [0.3, 0.4) is 0 Å². The zero-order valence-corrected chi connectivity index (χ0v) is 15.1. The lowest BCUT2D eigenvalue weighted by Gasteiger charge is -2.12. The maximum Gasteiger partial charge on any atom is 0.216 e. The van der Waals surface area contributed by atoms with Crippen molar-refractivity contribution in [1.29, 1.82) is 0 Å². The molecule has 2 aromatic heterocycles. The van der Waals surface area contributed by atoms with E-state index in [1.54, 1.807) is 7.11 Å².